The summed E-state index contributed by atoms with van der Waals surface area (Å²) in [6.07, 6.45) is 0.100. The highest BCUT2D eigenvalue weighted by molar-refractivity contribution is 8.01. The minimum absolute atomic E-state index is 0.0881. The summed E-state index contributed by atoms with van der Waals surface area (Å²) in [5.74, 6) is -1.52. The van der Waals surface area contributed by atoms with Gasteiger partial charge in [-0.15, -0.1) is 28.2 Å². The van der Waals surface area contributed by atoms with Crippen LogP contribution in [0.25, 0.3) is 0 Å². The van der Waals surface area contributed by atoms with Gasteiger partial charge in [0.15, 0.2) is 0 Å². The molecule has 2 aromatic rings. The number of β-lactam (4-membered cyclic amide) rings is 1. The Hall–Kier alpha value is -2.46. The monoisotopic (exact) mass is 539 g/mol. The molecule has 188 valence electrons. The Labute approximate surface area is 214 Å². The van der Waals surface area contributed by atoms with E-state index in [1.165, 1.54) is 51.6 Å². The summed E-state index contributed by atoms with van der Waals surface area (Å²) in [6.45, 7) is 0.776. The minimum Gasteiger partial charge on any atom is -0.477 e. The van der Waals surface area contributed by atoms with Crippen molar-refractivity contribution in [2.24, 2.45) is 7.05 Å². The van der Waals surface area contributed by atoms with Crippen molar-refractivity contribution in [2.45, 2.75) is 29.2 Å². The number of carboxylic acids is 1. The number of aliphatic carboxylic acids is 1. The van der Waals surface area contributed by atoms with Crippen LogP contribution in [0.4, 0.5) is 0 Å². The molecule has 2 aliphatic rings. The molecule has 1 fully saturated rings. The van der Waals surface area contributed by atoms with Crippen molar-refractivity contribution in [1.29, 1.82) is 0 Å². The van der Waals surface area contributed by atoms with Gasteiger partial charge in [0.1, 0.15) is 11.1 Å². The summed E-state index contributed by atoms with van der Waals surface area (Å²) < 4.78 is 7.01. The molecule has 4 rings (SSSR count). The molecule has 0 radical (unpaired) electrons. The quantitative estimate of drug-likeness (QED) is 0.246. The van der Waals surface area contributed by atoms with E-state index >= 15 is 0 Å². The number of tetrazole rings is 1. The second-order valence-electron chi connectivity index (χ2n) is 8.24. The highest BCUT2D eigenvalue weighted by Gasteiger charge is 2.66. The number of aryl methyl sites for hydroxylation is 1. The Bertz CT molecular complexity index is 1180. The van der Waals surface area contributed by atoms with Gasteiger partial charge in [0.25, 0.3) is 11.6 Å². The van der Waals surface area contributed by atoms with Crippen molar-refractivity contribution in [3.05, 3.63) is 33.2 Å². The van der Waals surface area contributed by atoms with E-state index in [9.17, 15) is 19.5 Å². The van der Waals surface area contributed by atoms with Gasteiger partial charge in [0.05, 0.1) is 6.42 Å². The summed E-state index contributed by atoms with van der Waals surface area (Å²) in [5.41, 5.74) is -1.13. The average molecular weight is 540 g/mol. The number of nitrogens with zero attached hydrogens (tertiary/aromatic N) is 6. The van der Waals surface area contributed by atoms with Crippen molar-refractivity contribution in [1.82, 2.24) is 35.3 Å². The van der Waals surface area contributed by atoms with Crippen LogP contribution in [0.3, 0.4) is 0 Å². The normalized spacial score (nSPS) is 21.8. The number of hydrogen-bond donors (Lipinski definition) is 2. The highest BCUT2D eigenvalue weighted by atomic mass is 32.2. The number of thioether (sulfide) groups is 2. The van der Waals surface area contributed by atoms with Crippen molar-refractivity contribution >= 4 is 52.6 Å². The Morgan fingerprint density at radius 2 is 2.11 bits per heavy atom. The maximum absolute atomic E-state index is 13.2. The van der Waals surface area contributed by atoms with E-state index in [1.54, 1.807) is 7.05 Å². The SMILES string of the molecule is CO[C@@]1(NC(=O)Cc2ccc(CN(C)C)s2)C(=O)N2C(C(=O)O)=C(CSc3nnnn3C)CS[C@@H]21. The third kappa shape index (κ3) is 4.95. The number of fused-ring (bicyclic) bond motifs is 1. The van der Waals surface area contributed by atoms with Gasteiger partial charge in [0, 0.05) is 42.0 Å². The predicted molar refractivity (Wildman–Crippen MR) is 131 cm³/mol. The smallest absolute Gasteiger partial charge is 0.352 e. The molecule has 2 aliphatic heterocycles. The zero-order chi connectivity index (χ0) is 25.3. The predicted octanol–water partition coefficient (Wildman–Crippen LogP) is 0.381. The van der Waals surface area contributed by atoms with E-state index in [2.05, 4.69) is 20.8 Å². The zero-order valence-corrected chi connectivity index (χ0v) is 22.0. The number of ether oxygens (including phenoxy) is 1. The van der Waals surface area contributed by atoms with Crippen LogP contribution < -0.4 is 5.32 Å². The number of carbonyl (C=O) groups excluding carboxylic acids is 2. The molecule has 0 aromatic carbocycles. The second kappa shape index (κ2) is 10.3. The molecule has 15 heteroatoms. The summed E-state index contributed by atoms with van der Waals surface area (Å²) in [6, 6.07) is 3.88. The van der Waals surface area contributed by atoms with Crippen LogP contribution in [0.15, 0.2) is 28.6 Å². The lowest BCUT2D eigenvalue weighted by Gasteiger charge is -2.55. The fourth-order valence-corrected chi connectivity index (χ4v) is 7.44. The maximum atomic E-state index is 13.2. The molecule has 0 spiro atoms. The zero-order valence-electron chi connectivity index (χ0n) is 19.5. The topological polar surface area (TPSA) is 143 Å². The van der Waals surface area contributed by atoms with E-state index in [1.807, 2.05) is 31.1 Å². The van der Waals surface area contributed by atoms with Crippen LogP contribution >= 0.6 is 34.9 Å². The Morgan fingerprint density at radius 3 is 2.74 bits per heavy atom. The molecule has 2 aromatic heterocycles. The molecule has 35 heavy (non-hydrogen) atoms. The highest BCUT2D eigenvalue weighted by Crippen LogP contribution is 2.47. The number of aromatic nitrogens is 4. The standard InChI is InChI=1S/C20H25N7O5S3/c1-25(2)8-13-6-5-12(35-13)7-14(28)21-20(32-4)17(31)27-15(16(29)30)11(9-33-18(20)27)10-34-19-22-23-24-26(19)3/h5-6,18H,7-10H2,1-4H3,(H,21,28)(H,29,30)/t18-,20+/m1/s1. The number of rotatable bonds is 10. The molecule has 2 atom stereocenters. The van der Waals surface area contributed by atoms with Gasteiger partial charge in [-0.05, 0) is 42.2 Å². The van der Waals surface area contributed by atoms with Gasteiger partial charge < -0.3 is 20.1 Å². The molecular weight excluding hydrogens is 514 g/mol. The first kappa shape index (κ1) is 25.6. The number of hydrogen-bond acceptors (Lipinski definition) is 11. The van der Waals surface area contributed by atoms with Gasteiger partial charge in [-0.3, -0.25) is 14.5 Å². The summed E-state index contributed by atoms with van der Waals surface area (Å²) in [4.78, 5) is 43.5. The molecular formula is C20H25N7O5S3. The molecule has 1 saturated heterocycles. The second-order valence-corrected chi connectivity index (χ2v) is 11.5. The third-order valence-corrected chi connectivity index (χ3v) is 8.98. The molecule has 12 nitrogen and oxygen atoms in total. The van der Waals surface area contributed by atoms with Gasteiger partial charge in [-0.1, -0.05) is 11.8 Å². The van der Waals surface area contributed by atoms with E-state index in [4.69, 9.17) is 4.74 Å². The van der Waals surface area contributed by atoms with Gasteiger partial charge >= 0.3 is 5.97 Å². The van der Waals surface area contributed by atoms with Gasteiger partial charge in [-0.2, -0.15) is 0 Å². The lowest BCUT2D eigenvalue weighted by molar-refractivity contribution is -0.192. The number of nitrogens with one attached hydrogen (secondary N) is 1. The van der Waals surface area contributed by atoms with Crippen LogP contribution in [0.2, 0.25) is 0 Å². The minimum atomic E-state index is -1.61. The molecule has 0 unspecified atom stereocenters. The van der Waals surface area contributed by atoms with Crippen LogP contribution in [0, 0.1) is 0 Å². The van der Waals surface area contributed by atoms with Crippen molar-refractivity contribution in [3.8, 4) is 0 Å². The maximum Gasteiger partial charge on any atom is 0.352 e. The number of methoxy groups -OCH3 is 1. The lowest BCUT2D eigenvalue weighted by atomic mass is 9.98. The first-order valence-corrected chi connectivity index (χ1v) is 13.4. The van der Waals surface area contributed by atoms with E-state index in [0.29, 0.717) is 22.2 Å². The van der Waals surface area contributed by atoms with E-state index < -0.39 is 23.0 Å². The summed E-state index contributed by atoms with van der Waals surface area (Å²) in [7, 11) is 6.98. The fourth-order valence-electron chi connectivity index (χ4n) is 3.87. The molecule has 4 heterocycles. The summed E-state index contributed by atoms with van der Waals surface area (Å²) >= 11 is 4.17. The van der Waals surface area contributed by atoms with Crippen LogP contribution in [0.1, 0.15) is 9.75 Å². The lowest BCUT2D eigenvalue weighted by Crippen LogP contribution is -2.80. The number of carboxylic acid groups (broad SMARTS) is 1. The van der Waals surface area contributed by atoms with E-state index in [-0.39, 0.29) is 18.0 Å². The molecule has 0 bridgehead atoms. The fraction of sp³-hybridized carbons (Fsp3) is 0.500. The van der Waals surface area contributed by atoms with E-state index in [0.717, 1.165) is 16.3 Å². The van der Waals surface area contributed by atoms with Crippen molar-refractivity contribution < 1.29 is 24.2 Å². The third-order valence-electron chi connectivity index (χ3n) is 5.44. The van der Waals surface area contributed by atoms with Crippen LogP contribution in [-0.2, 0) is 39.1 Å². The first-order valence-electron chi connectivity index (χ1n) is 10.5. The molecule has 2 N–H and O–H groups in total. The average Bonchev–Trinajstić information content (AvgIpc) is 3.42. The van der Waals surface area contributed by atoms with Gasteiger partial charge in [0.2, 0.25) is 11.1 Å². The molecule has 2 amide bonds. The molecule has 0 saturated carbocycles. The summed E-state index contributed by atoms with van der Waals surface area (Å²) in [5, 5.41) is 23.7. The number of amides is 2. The van der Waals surface area contributed by atoms with Gasteiger partial charge in [-0.25, -0.2) is 9.48 Å². The van der Waals surface area contributed by atoms with Crippen LogP contribution in [-0.4, -0.2) is 96.7 Å². The largest absolute Gasteiger partial charge is 0.477 e. The first-order chi connectivity index (χ1) is 16.7. The number of thiophene rings is 1. The Morgan fingerprint density at radius 1 is 1.37 bits per heavy atom. The molecule has 0 aliphatic carbocycles. The van der Waals surface area contributed by atoms with Crippen molar-refractivity contribution in [2.75, 3.05) is 32.7 Å². The van der Waals surface area contributed by atoms with Crippen molar-refractivity contribution in [3.63, 3.8) is 0 Å². The van der Waals surface area contributed by atoms with Crippen LogP contribution in [0.5, 0.6) is 0 Å². The number of carbonyl (C=O) groups is 3. The Balaban J connectivity index is 1.48. The Kier molecular flexibility index (Phi) is 7.51.